The van der Waals surface area contributed by atoms with Crippen LogP contribution in [0, 0.1) is 10.1 Å². The minimum absolute atomic E-state index is 0.00808. The summed E-state index contributed by atoms with van der Waals surface area (Å²) in [4.78, 5) is 14.9. The van der Waals surface area contributed by atoms with E-state index < -0.39 is 20.6 Å². The number of aromatic nitrogens is 1. The van der Waals surface area contributed by atoms with Crippen LogP contribution < -0.4 is 4.74 Å². The summed E-state index contributed by atoms with van der Waals surface area (Å²) in [5.41, 5.74) is 0.909. The summed E-state index contributed by atoms with van der Waals surface area (Å²) in [6.07, 6.45) is 1.05. The van der Waals surface area contributed by atoms with E-state index in [1.165, 1.54) is 23.5 Å². The Bertz CT molecular complexity index is 1220. The zero-order valence-electron chi connectivity index (χ0n) is 15.9. The highest BCUT2D eigenvalue weighted by Crippen LogP contribution is 2.34. The van der Waals surface area contributed by atoms with Gasteiger partial charge in [-0.25, -0.2) is 13.4 Å². The maximum absolute atomic E-state index is 13.0. The van der Waals surface area contributed by atoms with E-state index in [0.717, 1.165) is 6.07 Å². The van der Waals surface area contributed by atoms with Gasteiger partial charge in [0.15, 0.2) is 17.2 Å². The maximum atomic E-state index is 13.0. The van der Waals surface area contributed by atoms with Crippen molar-refractivity contribution in [3.8, 4) is 5.75 Å². The molecule has 11 heteroatoms. The molecule has 0 N–H and O–H groups in total. The lowest BCUT2D eigenvalue weighted by Crippen LogP contribution is -2.38. The molecule has 0 amide bonds. The molecule has 30 heavy (non-hydrogen) atoms. The van der Waals surface area contributed by atoms with Gasteiger partial charge in [0, 0.05) is 30.1 Å². The Morgan fingerprint density at radius 3 is 2.63 bits per heavy atom. The van der Waals surface area contributed by atoms with E-state index in [1.807, 2.05) is 0 Å². The van der Waals surface area contributed by atoms with Crippen LogP contribution in [0.5, 0.6) is 5.75 Å². The molecule has 9 nitrogen and oxygen atoms in total. The monoisotopic (exact) mass is 451 g/mol. The van der Waals surface area contributed by atoms with Crippen molar-refractivity contribution in [2.45, 2.75) is 23.7 Å². The largest absolute Gasteiger partial charge is 0.490 e. The van der Waals surface area contributed by atoms with Crippen LogP contribution in [0.1, 0.15) is 24.7 Å². The van der Waals surface area contributed by atoms with Gasteiger partial charge in [-0.3, -0.25) is 10.1 Å². The first-order chi connectivity index (χ1) is 14.3. The molecule has 1 aromatic heterocycles. The molecule has 0 unspecified atom stereocenters. The number of hydrogen-bond donors (Lipinski definition) is 0. The molecule has 1 aliphatic heterocycles. The van der Waals surface area contributed by atoms with Gasteiger partial charge in [0.05, 0.1) is 16.9 Å². The van der Waals surface area contributed by atoms with E-state index in [1.54, 1.807) is 18.2 Å². The number of nitro groups is 1. The Labute approximate surface area is 177 Å². The molecular weight excluding hydrogens is 434 g/mol. The average molecular weight is 452 g/mol. The molecule has 0 saturated carbocycles. The average Bonchev–Trinajstić information content (AvgIpc) is 3.16. The van der Waals surface area contributed by atoms with Crippen LogP contribution in [0.3, 0.4) is 0 Å². The highest BCUT2D eigenvalue weighted by Gasteiger charge is 2.33. The number of nitro benzene ring substituents is 1. The van der Waals surface area contributed by atoms with Crippen molar-refractivity contribution in [3.63, 3.8) is 0 Å². The summed E-state index contributed by atoms with van der Waals surface area (Å²) < 4.78 is 38.1. The number of methoxy groups -OCH3 is 1. The van der Waals surface area contributed by atoms with Gasteiger partial charge in [-0.2, -0.15) is 4.31 Å². The van der Waals surface area contributed by atoms with Crippen LogP contribution in [0.2, 0.25) is 5.02 Å². The van der Waals surface area contributed by atoms with E-state index in [-0.39, 0.29) is 29.7 Å². The second kappa shape index (κ2) is 7.86. The van der Waals surface area contributed by atoms with Gasteiger partial charge in [-0.15, -0.1) is 0 Å². The van der Waals surface area contributed by atoms with Crippen LogP contribution in [-0.4, -0.2) is 42.8 Å². The molecule has 0 radical (unpaired) electrons. The van der Waals surface area contributed by atoms with E-state index in [0.29, 0.717) is 34.9 Å². The number of fused-ring (bicyclic) bond motifs is 1. The molecule has 4 rings (SSSR count). The molecular formula is C19H18ClN3O6S. The van der Waals surface area contributed by atoms with Gasteiger partial charge in [0.1, 0.15) is 5.52 Å². The first-order valence-corrected chi connectivity index (χ1v) is 11.0. The highest BCUT2D eigenvalue weighted by molar-refractivity contribution is 7.89. The summed E-state index contributed by atoms with van der Waals surface area (Å²) in [6.45, 7) is 0.513. The van der Waals surface area contributed by atoms with Crippen LogP contribution in [-0.2, 0) is 10.0 Å². The van der Waals surface area contributed by atoms with Gasteiger partial charge in [0.25, 0.3) is 0 Å². The summed E-state index contributed by atoms with van der Waals surface area (Å²) >= 11 is 5.99. The number of sulfonamides is 1. The molecule has 3 aromatic rings. The number of piperidine rings is 1. The third kappa shape index (κ3) is 3.73. The zero-order valence-corrected chi connectivity index (χ0v) is 17.5. The third-order valence-corrected chi connectivity index (χ3v) is 7.28. The molecule has 2 heterocycles. The fourth-order valence-corrected chi connectivity index (χ4v) is 5.21. The smallest absolute Gasteiger partial charge is 0.312 e. The fraction of sp³-hybridized carbons (Fsp3) is 0.316. The summed E-state index contributed by atoms with van der Waals surface area (Å²) in [6, 6.07) is 8.84. The molecule has 0 bridgehead atoms. The number of halogens is 1. The minimum atomic E-state index is -3.87. The van der Waals surface area contributed by atoms with E-state index >= 15 is 0 Å². The maximum Gasteiger partial charge on any atom is 0.312 e. The third-order valence-electron chi connectivity index (χ3n) is 5.15. The van der Waals surface area contributed by atoms with Crippen LogP contribution in [0.4, 0.5) is 5.69 Å². The van der Waals surface area contributed by atoms with Crippen molar-refractivity contribution in [1.82, 2.24) is 9.29 Å². The molecule has 2 aromatic carbocycles. The number of nitrogens with zero attached hydrogens (tertiary/aromatic N) is 3. The van der Waals surface area contributed by atoms with Gasteiger partial charge >= 0.3 is 5.69 Å². The minimum Gasteiger partial charge on any atom is -0.490 e. The quantitative estimate of drug-likeness (QED) is 0.425. The number of benzene rings is 2. The van der Waals surface area contributed by atoms with Crippen molar-refractivity contribution >= 4 is 38.4 Å². The highest BCUT2D eigenvalue weighted by atomic mass is 35.5. The zero-order chi connectivity index (χ0) is 21.5. The Balaban J connectivity index is 1.52. The Morgan fingerprint density at radius 2 is 1.97 bits per heavy atom. The van der Waals surface area contributed by atoms with Crippen LogP contribution in [0.25, 0.3) is 11.1 Å². The lowest BCUT2D eigenvalue weighted by Gasteiger charge is -2.29. The summed E-state index contributed by atoms with van der Waals surface area (Å²) in [5, 5.41) is 11.8. The molecule has 0 aliphatic carbocycles. The van der Waals surface area contributed by atoms with E-state index in [2.05, 4.69) is 4.98 Å². The van der Waals surface area contributed by atoms with Crippen molar-refractivity contribution in [2.75, 3.05) is 20.2 Å². The topological polar surface area (TPSA) is 116 Å². The SMILES string of the molecule is COc1ccc(S(=O)(=O)N2CCC(c3nc4cc(Cl)ccc4o3)CC2)cc1[N+](=O)[O-]. The molecule has 0 atom stereocenters. The van der Waals surface area contributed by atoms with Crippen molar-refractivity contribution < 1.29 is 22.5 Å². The number of ether oxygens (including phenoxy) is 1. The number of oxazole rings is 1. The molecule has 0 spiro atoms. The fourth-order valence-electron chi connectivity index (χ4n) is 3.56. The Morgan fingerprint density at radius 1 is 1.23 bits per heavy atom. The summed E-state index contributed by atoms with van der Waals surface area (Å²) in [5.74, 6) is 0.547. The van der Waals surface area contributed by atoms with Crippen LogP contribution >= 0.6 is 11.6 Å². The van der Waals surface area contributed by atoms with Crippen molar-refractivity contribution in [1.29, 1.82) is 0 Å². The lowest BCUT2D eigenvalue weighted by atomic mass is 9.98. The summed E-state index contributed by atoms with van der Waals surface area (Å²) in [7, 11) is -2.58. The Kier molecular flexibility index (Phi) is 5.39. The van der Waals surface area contributed by atoms with E-state index in [9.17, 15) is 18.5 Å². The van der Waals surface area contributed by atoms with Gasteiger partial charge in [-0.1, -0.05) is 11.6 Å². The van der Waals surface area contributed by atoms with Crippen LogP contribution in [0.15, 0.2) is 45.7 Å². The number of rotatable bonds is 5. The predicted octanol–water partition coefficient (Wildman–Crippen LogP) is 3.97. The molecule has 1 saturated heterocycles. The standard InChI is InChI=1S/C19H18ClN3O6S/c1-28-18-5-3-14(11-16(18)23(24)25)30(26,27)22-8-6-12(7-9-22)19-21-15-10-13(20)2-4-17(15)29-19/h2-5,10-12H,6-9H2,1H3. The first-order valence-electron chi connectivity index (χ1n) is 9.18. The number of hydrogen-bond acceptors (Lipinski definition) is 7. The Hall–Kier alpha value is -2.69. The molecule has 1 fully saturated rings. The predicted molar refractivity (Wildman–Crippen MR) is 109 cm³/mol. The van der Waals surface area contributed by atoms with Crippen molar-refractivity contribution in [3.05, 3.63) is 57.4 Å². The van der Waals surface area contributed by atoms with Gasteiger partial charge < -0.3 is 9.15 Å². The molecule has 158 valence electrons. The molecule has 1 aliphatic rings. The lowest BCUT2D eigenvalue weighted by molar-refractivity contribution is -0.386. The van der Waals surface area contributed by atoms with E-state index in [4.69, 9.17) is 20.8 Å². The second-order valence-electron chi connectivity index (χ2n) is 6.93. The van der Waals surface area contributed by atoms with Gasteiger partial charge in [-0.05, 0) is 43.2 Å². The van der Waals surface area contributed by atoms with Crippen molar-refractivity contribution in [2.24, 2.45) is 0 Å². The van der Waals surface area contributed by atoms with Gasteiger partial charge in [0.2, 0.25) is 10.0 Å². The second-order valence-corrected chi connectivity index (χ2v) is 9.31. The normalized spacial score (nSPS) is 16.1. The first kappa shape index (κ1) is 20.6.